The van der Waals surface area contributed by atoms with Crippen LogP contribution in [0.25, 0.3) is 12.2 Å². The molecule has 0 saturated heterocycles. The van der Waals surface area contributed by atoms with E-state index in [2.05, 4.69) is 10.3 Å². The summed E-state index contributed by atoms with van der Waals surface area (Å²) in [4.78, 5) is 41.4. The summed E-state index contributed by atoms with van der Waals surface area (Å²) in [6.45, 7) is 0. The number of carbonyl (C=O) groups is 3. The van der Waals surface area contributed by atoms with Crippen molar-refractivity contribution in [2.45, 2.75) is 6.04 Å². The summed E-state index contributed by atoms with van der Waals surface area (Å²) >= 11 is 0. The molecule has 0 aliphatic carbocycles. The molecule has 9 nitrogen and oxygen atoms in total. The summed E-state index contributed by atoms with van der Waals surface area (Å²) in [5.41, 5.74) is 3.41. The minimum atomic E-state index is -1.50. The quantitative estimate of drug-likeness (QED) is 0.363. The molecular formula is C20H22N4O5. The van der Waals surface area contributed by atoms with E-state index in [1.807, 2.05) is 18.2 Å². The average molecular weight is 398 g/mol. The molecule has 0 radical (unpaired) electrons. The number of amides is 3. The number of hydrogen-bond donors (Lipinski definition) is 3. The molecular weight excluding hydrogens is 376 g/mol. The molecule has 0 fully saturated rings. The lowest BCUT2D eigenvalue weighted by Gasteiger charge is -2.25. The van der Waals surface area contributed by atoms with Crippen molar-refractivity contribution >= 4 is 29.9 Å². The molecule has 1 atom stereocenters. The molecule has 29 heavy (non-hydrogen) atoms. The summed E-state index contributed by atoms with van der Waals surface area (Å²) in [5.74, 6) is -1.75. The van der Waals surface area contributed by atoms with E-state index in [1.54, 1.807) is 43.6 Å². The fourth-order valence-electron chi connectivity index (χ4n) is 2.53. The third kappa shape index (κ3) is 5.39. The van der Waals surface area contributed by atoms with E-state index in [4.69, 9.17) is 9.94 Å². The van der Waals surface area contributed by atoms with Crippen molar-refractivity contribution in [2.75, 3.05) is 21.2 Å². The Hall–Kier alpha value is -3.72. The number of nitrogens with one attached hydrogen (secondary N) is 2. The highest BCUT2D eigenvalue weighted by Gasteiger charge is 2.33. The van der Waals surface area contributed by atoms with Crippen LogP contribution in [0.5, 0.6) is 5.88 Å². The average Bonchev–Trinajstić information content (AvgIpc) is 2.77. The van der Waals surface area contributed by atoms with Gasteiger partial charge < -0.3 is 15.0 Å². The SMILES string of the molecule is CNC(=O)C(C(=O)NO)N(C)C(=O)c1ccc(/C=C/c2ccc(OC)nc2)cc1. The normalized spacial score (nSPS) is 11.6. The van der Waals surface area contributed by atoms with Gasteiger partial charge in [0.2, 0.25) is 5.88 Å². The van der Waals surface area contributed by atoms with E-state index < -0.39 is 23.8 Å². The molecule has 3 amide bonds. The maximum Gasteiger partial charge on any atom is 0.275 e. The zero-order chi connectivity index (χ0) is 21.4. The van der Waals surface area contributed by atoms with Crippen LogP contribution in [0.3, 0.4) is 0 Å². The third-order valence-corrected chi connectivity index (χ3v) is 4.16. The fraction of sp³-hybridized carbons (Fsp3) is 0.200. The lowest BCUT2D eigenvalue weighted by atomic mass is 10.1. The van der Waals surface area contributed by atoms with Gasteiger partial charge in [0.15, 0.2) is 6.04 Å². The number of carbonyl (C=O) groups excluding carboxylic acids is 3. The van der Waals surface area contributed by atoms with Gasteiger partial charge >= 0.3 is 0 Å². The summed E-state index contributed by atoms with van der Waals surface area (Å²) in [6.07, 6.45) is 5.39. The van der Waals surface area contributed by atoms with E-state index in [1.165, 1.54) is 19.6 Å². The Balaban J connectivity index is 2.13. The monoisotopic (exact) mass is 398 g/mol. The Morgan fingerprint density at radius 3 is 2.21 bits per heavy atom. The standard InChI is InChI=1S/C20H22N4O5/c1-21-18(25)17(19(26)23-28)24(2)20(27)15-9-6-13(7-10-15)4-5-14-8-11-16(29-3)22-12-14/h4-12,17,28H,1-3H3,(H,21,25)(H,23,26)/b5-4+. The maximum absolute atomic E-state index is 12.6. The van der Waals surface area contributed by atoms with Crippen molar-refractivity contribution in [3.63, 3.8) is 0 Å². The smallest absolute Gasteiger partial charge is 0.275 e. The van der Waals surface area contributed by atoms with Crippen molar-refractivity contribution in [3.8, 4) is 5.88 Å². The second kappa shape index (κ2) is 10.00. The highest BCUT2D eigenvalue weighted by Crippen LogP contribution is 2.13. The molecule has 0 aliphatic rings. The highest BCUT2D eigenvalue weighted by molar-refractivity contribution is 6.08. The van der Waals surface area contributed by atoms with Crippen LogP contribution < -0.4 is 15.5 Å². The van der Waals surface area contributed by atoms with E-state index in [-0.39, 0.29) is 5.56 Å². The van der Waals surface area contributed by atoms with Gasteiger partial charge in [0.05, 0.1) is 7.11 Å². The van der Waals surface area contributed by atoms with Gasteiger partial charge in [0.1, 0.15) is 0 Å². The molecule has 0 spiro atoms. The highest BCUT2D eigenvalue weighted by atomic mass is 16.5. The van der Waals surface area contributed by atoms with Crippen LogP contribution in [0, 0.1) is 0 Å². The number of rotatable bonds is 7. The van der Waals surface area contributed by atoms with Crippen LogP contribution >= 0.6 is 0 Å². The van der Waals surface area contributed by atoms with Crippen LogP contribution in [0.1, 0.15) is 21.5 Å². The Kier molecular flexibility index (Phi) is 7.44. The molecule has 2 aromatic rings. The van der Waals surface area contributed by atoms with Gasteiger partial charge in [-0.1, -0.05) is 24.3 Å². The van der Waals surface area contributed by atoms with E-state index in [0.29, 0.717) is 5.88 Å². The molecule has 1 aromatic carbocycles. The van der Waals surface area contributed by atoms with Crippen LogP contribution in [-0.4, -0.2) is 60.1 Å². The number of benzene rings is 1. The Labute approximate surface area is 168 Å². The van der Waals surface area contributed by atoms with Gasteiger partial charge in [-0.3, -0.25) is 19.6 Å². The number of likely N-dealkylation sites (N-methyl/N-ethyl adjacent to an activating group) is 2. The molecule has 2 rings (SSSR count). The van der Waals surface area contributed by atoms with Gasteiger partial charge in [0.25, 0.3) is 17.7 Å². The summed E-state index contributed by atoms with van der Waals surface area (Å²) < 4.78 is 5.01. The van der Waals surface area contributed by atoms with Gasteiger partial charge in [-0.05, 0) is 29.3 Å². The van der Waals surface area contributed by atoms with Crippen LogP contribution in [-0.2, 0) is 9.59 Å². The first-order valence-corrected chi connectivity index (χ1v) is 8.62. The number of ether oxygens (including phenoxy) is 1. The number of hydroxylamine groups is 1. The minimum absolute atomic E-state index is 0.287. The van der Waals surface area contributed by atoms with Crippen LogP contribution in [0.4, 0.5) is 0 Å². The minimum Gasteiger partial charge on any atom is -0.481 e. The molecule has 1 unspecified atom stereocenters. The zero-order valence-electron chi connectivity index (χ0n) is 16.2. The first-order chi connectivity index (χ1) is 13.9. The van der Waals surface area contributed by atoms with Gasteiger partial charge in [-0.15, -0.1) is 0 Å². The fourth-order valence-corrected chi connectivity index (χ4v) is 2.53. The Bertz CT molecular complexity index is 878. The third-order valence-electron chi connectivity index (χ3n) is 4.16. The second-order valence-corrected chi connectivity index (χ2v) is 6.00. The zero-order valence-corrected chi connectivity index (χ0v) is 16.2. The lowest BCUT2D eigenvalue weighted by Crippen LogP contribution is -2.54. The predicted octanol–water partition coefficient (Wildman–Crippen LogP) is 0.953. The maximum atomic E-state index is 12.6. The lowest BCUT2D eigenvalue weighted by molar-refractivity contribution is -0.140. The first kappa shape index (κ1) is 21.6. The van der Waals surface area contributed by atoms with Gasteiger partial charge in [-0.2, -0.15) is 0 Å². The summed E-state index contributed by atoms with van der Waals surface area (Å²) in [5, 5.41) is 11.1. The predicted molar refractivity (Wildman–Crippen MR) is 106 cm³/mol. The number of hydrogen-bond acceptors (Lipinski definition) is 6. The Morgan fingerprint density at radius 1 is 1.07 bits per heavy atom. The molecule has 0 bridgehead atoms. The molecule has 0 aliphatic heterocycles. The number of nitrogens with zero attached hydrogens (tertiary/aromatic N) is 2. The van der Waals surface area contributed by atoms with Crippen molar-refractivity contribution in [3.05, 3.63) is 59.3 Å². The first-order valence-electron chi connectivity index (χ1n) is 8.62. The largest absolute Gasteiger partial charge is 0.481 e. The molecule has 152 valence electrons. The molecule has 9 heteroatoms. The molecule has 1 aromatic heterocycles. The molecule has 1 heterocycles. The molecule has 0 saturated carbocycles. The number of pyridine rings is 1. The van der Waals surface area contributed by atoms with Crippen molar-refractivity contribution in [1.82, 2.24) is 20.7 Å². The van der Waals surface area contributed by atoms with Crippen molar-refractivity contribution in [2.24, 2.45) is 0 Å². The van der Waals surface area contributed by atoms with E-state index in [9.17, 15) is 14.4 Å². The summed E-state index contributed by atoms with van der Waals surface area (Å²) in [7, 11) is 4.19. The van der Waals surface area contributed by atoms with E-state index >= 15 is 0 Å². The van der Waals surface area contributed by atoms with Gasteiger partial charge in [-0.25, -0.2) is 10.5 Å². The van der Waals surface area contributed by atoms with Gasteiger partial charge in [0, 0.05) is 31.9 Å². The second-order valence-electron chi connectivity index (χ2n) is 6.00. The van der Waals surface area contributed by atoms with Crippen LogP contribution in [0.15, 0.2) is 42.6 Å². The van der Waals surface area contributed by atoms with Crippen LogP contribution in [0.2, 0.25) is 0 Å². The summed E-state index contributed by atoms with van der Waals surface area (Å²) in [6, 6.07) is 8.75. The number of aromatic nitrogens is 1. The van der Waals surface area contributed by atoms with E-state index in [0.717, 1.165) is 16.0 Å². The molecule has 3 N–H and O–H groups in total. The van der Waals surface area contributed by atoms with Crippen molar-refractivity contribution in [1.29, 1.82) is 0 Å². The number of methoxy groups -OCH3 is 1. The topological polar surface area (TPSA) is 121 Å². The van der Waals surface area contributed by atoms with Crippen molar-refractivity contribution < 1.29 is 24.3 Å². The Morgan fingerprint density at radius 2 is 1.69 bits per heavy atom.